The first-order chi connectivity index (χ1) is 11.6. The Hall–Kier alpha value is -2.47. The molecule has 0 radical (unpaired) electrons. The van der Waals surface area contributed by atoms with Crippen LogP contribution in [0.4, 0.5) is 0 Å². The summed E-state index contributed by atoms with van der Waals surface area (Å²) < 4.78 is 21.1. The van der Waals surface area contributed by atoms with Crippen molar-refractivity contribution in [2.45, 2.75) is 6.54 Å². The van der Waals surface area contributed by atoms with Gasteiger partial charge in [-0.25, -0.2) is 0 Å². The molecule has 2 aromatic rings. The fourth-order valence-corrected chi connectivity index (χ4v) is 2.45. The van der Waals surface area contributed by atoms with Crippen molar-refractivity contribution in [3.63, 3.8) is 0 Å². The van der Waals surface area contributed by atoms with E-state index in [1.54, 1.807) is 28.4 Å². The fourth-order valence-electron chi connectivity index (χ4n) is 2.25. The van der Waals surface area contributed by atoms with Gasteiger partial charge < -0.3 is 24.3 Å². The molecule has 0 aliphatic rings. The van der Waals surface area contributed by atoms with Gasteiger partial charge in [0.1, 0.15) is 4.99 Å². The molecule has 128 valence electrons. The SMILES string of the molecule is COc1ccc(CNC(=S)c2ccc(OC)c(OC)c2)cc1OC. The van der Waals surface area contributed by atoms with Crippen LogP contribution >= 0.6 is 12.2 Å². The largest absolute Gasteiger partial charge is 0.493 e. The van der Waals surface area contributed by atoms with Gasteiger partial charge in [0.15, 0.2) is 23.0 Å². The Balaban J connectivity index is 2.08. The highest BCUT2D eigenvalue weighted by Crippen LogP contribution is 2.28. The average Bonchev–Trinajstić information content (AvgIpc) is 2.64. The third-order valence-corrected chi connectivity index (χ3v) is 3.93. The molecule has 0 atom stereocenters. The van der Waals surface area contributed by atoms with Gasteiger partial charge in [-0.3, -0.25) is 0 Å². The molecule has 2 rings (SSSR count). The van der Waals surface area contributed by atoms with Crippen molar-refractivity contribution < 1.29 is 18.9 Å². The number of rotatable bonds is 7. The van der Waals surface area contributed by atoms with Gasteiger partial charge in [-0.1, -0.05) is 18.3 Å². The zero-order chi connectivity index (χ0) is 17.5. The molecule has 0 spiro atoms. The first-order valence-electron chi connectivity index (χ1n) is 7.34. The van der Waals surface area contributed by atoms with E-state index in [-0.39, 0.29) is 0 Å². The third kappa shape index (κ3) is 4.08. The van der Waals surface area contributed by atoms with E-state index in [1.807, 2.05) is 36.4 Å². The van der Waals surface area contributed by atoms with E-state index in [2.05, 4.69) is 5.32 Å². The smallest absolute Gasteiger partial charge is 0.161 e. The van der Waals surface area contributed by atoms with E-state index in [4.69, 9.17) is 31.2 Å². The average molecular weight is 347 g/mol. The summed E-state index contributed by atoms with van der Waals surface area (Å²) in [4.78, 5) is 0.630. The maximum absolute atomic E-state index is 5.45. The Morgan fingerprint density at radius 2 is 1.33 bits per heavy atom. The Labute approximate surface area is 147 Å². The summed E-state index contributed by atoms with van der Waals surface area (Å²) in [6, 6.07) is 11.3. The molecule has 5 nitrogen and oxygen atoms in total. The Morgan fingerprint density at radius 3 is 1.92 bits per heavy atom. The van der Waals surface area contributed by atoms with E-state index in [1.165, 1.54) is 0 Å². The number of hydrogen-bond donors (Lipinski definition) is 1. The summed E-state index contributed by atoms with van der Waals surface area (Å²) in [6.45, 7) is 0.577. The molecule has 0 aliphatic carbocycles. The second kappa shape index (κ2) is 8.40. The topological polar surface area (TPSA) is 49.0 Å². The van der Waals surface area contributed by atoms with Gasteiger partial charge in [0.2, 0.25) is 0 Å². The number of nitrogens with one attached hydrogen (secondary N) is 1. The highest BCUT2D eigenvalue weighted by atomic mass is 32.1. The van der Waals surface area contributed by atoms with Crippen molar-refractivity contribution in [1.82, 2.24) is 5.32 Å². The lowest BCUT2D eigenvalue weighted by molar-refractivity contribution is 0.354. The van der Waals surface area contributed by atoms with E-state index >= 15 is 0 Å². The summed E-state index contributed by atoms with van der Waals surface area (Å²) in [7, 11) is 6.43. The van der Waals surface area contributed by atoms with Gasteiger partial charge >= 0.3 is 0 Å². The van der Waals surface area contributed by atoms with E-state index in [0.717, 1.165) is 11.1 Å². The molecule has 0 aliphatic heterocycles. The summed E-state index contributed by atoms with van der Waals surface area (Å²) in [5.74, 6) is 2.70. The lowest BCUT2D eigenvalue weighted by atomic mass is 10.1. The van der Waals surface area contributed by atoms with Crippen LogP contribution in [0.1, 0.15) is 11.1 Å². The van der Waals surface area contributed by atoms with Crippen LogP contribution in [0, 0.1) is 0 Å². The van der Waals surface area contributed by atoms with Crippen LogP contribution in [0.3, 0.4) is 0 Å². The molecule has 0 saturated heterocycles. The van der Waals surface area contributed by atoms with Crippen molar-refractivity contribution in [1.29, 1.82) is 0 Å². The zero-order valence-electron chi connectivity index (χ0n) is 14.2. The van der Waals surface area contributed by atoms with Gasteiger partial charge in [0, 0.05) is 12.1 Å². The lowest BCUT2D eigenvalue weighted by Gasteiger charge is -2.13. The normalized spacial score (nSPS) is 10.0. The minimum atomic E-state index is 0.577. The molecule has 0 fully saturated rings. The third-order valence-electron chi connectivity index (χ3n) is 3.55. The number of thiocarbonyl (C=S) groups is 1. The van der Waals surface area contributed by atoms with Crippen molar-refractivity contribution in [2.75, 3.05) is 28.4 Å². The predicted octanol–water partition coefficient (Wildman–Crippen LogP) is 3.19. The maximum Gasteiger partial charge on any atom is 0.161 e. The van der Waals surface area contributed by atoms with Gasteiger partial charge in [0.05, 0.1) is 28.4 Å². The van der Waals surface area contributed by atoms with Crippen molar-refractivity contribution in [3.05, 3.63) is 47.5 Å². The molecular formula is C18H21NO4S. The van der Waals surface area contributed by atoms with E-state index < -0.39 is 0 Å². The molecule has 0 unspecified atom stereocenters. The number of ether oxygens (including phenoxy) is 4. The first kappa shape index (κ1) is 17.9. The second-order valence-electron chi connectivity index (χ2n) is 4.94. The first-order valence-corrected chi connectivity index (χ1v) is 7.75. The number of methoxy groups -OCH3 is 4. The fraction of sp³-hybridized carbons (Fsp3) is 0.278. The molecule has 0 amide bonds. The van der Waals surface area contributed by atoms with Gasteiger partial charge in [-0.2, -0.15) is 0 Å². The standard InChI is InChI=1S/C18H21NO4S/c1-20-14-7-5-12(9-16(14)22-3)11-19-18(24)13-6-8-15(21-2)17(10-13)23-4/h5-10H,11H2,1-4H3,(H,19,24). The van der Waals surface area contributed by atoms with Gasteiger partial charge in [-0.05, 0) is 35.9 Å². The quantitative estimate of drug-likeness (QED) is 0.777. The summed E-state index contributed by atoms with van der Waals surface area (Å²) >= 11 is 5.45. The molecular weight excluding hydrogens is 326 g/mol. The number of benzene rings is 2. The van der Waals surface area contributed by atoms with Crippen LogP contribution in [-0.4, -0.2) is 33.4 Å². The molecule has 24 heavy (non-hydrogen) atoms. The minimum Gasteiger partial charge on any atom is -0.493 e. The summed E-state index contributed by atoms with van der Waals surface area (Å²) in [5, 5.41) is 3.23. The van der Waals surface area contributed by atoms with Crippen molar-refractivity contribution in [2.24, 2.45) is 0 Å². The molecule has 0 heterocycles. The van der Waals surface area contributed by atoms with Crippen LogP contribution in [0.2, 0.25) is 0 Å². The minimum absolute atomic E-state index is 0.577. The predicted molar refractivity (Wildman–Crippen MR) is 97.6 cm³/mol. The Kier molecular flexibility index (Phi) is 6.26. The molecule has 2 aromatic carbocycles. The van der Waals surface area contributed by atoms with Gasteiger partial charge in [0.25, 0.3) is 0 Å². The van der Waals surface area contributed by atoms with Crippen LogP contribution in [0.5, 0.6) is 23.0 Å². The van der Waals surface area contributed by atoms with Gasteiger partial charge in [-0.15, -0.1) is 0 Å². The van der Waals surface area contributed by atoms with Crippen LogP contribution in [0.25, 0.3) is 0 Å². The monoisotopic (exact) mass is 347 g/mol. The van der Waals surface area contributed by atoms with E-state index in [9.17, 15) is 0 Å². The molecule has 0 aromatic heterocycles. The van der Waals surface area contributed by atoms with E-state index in [0.29, 0.717) is 34.5 Å². The Bertz CT molecular complexity index is 718. The van der Waals surface area contributed by atoms with Crippen LogP contribution in [-0.2, 0) is 6.54 Å². The second-order valence-corrected chi connectivity index (χ2v) is 5.35. The zero-order valence-corrected chi connectivity index (χ0v) is 15.0. The highest BCUT2D eigenvalue weighted by Gasteiger charge is 2.09. The van der Waals surface area contributed by atoms with Crippen LogP contribution < -0.4 is 24.3 Å². The van der Waals surface area contributed by atoms with Crippen LogP contribution in [0.15, 0.2) is 36.4 Å². The molecule has 1 N–H and O–H groups in total. The maximum atomic E-state index is 5.45. The van der Waals surface area contributed by atoms with Crippen molar-refractivity contribution in [3.8, 4) is 23.0 Å². The summed E-state index contributed by atoms with van der Waals surface area (Å²) in [5.41, 5.74) is 1.90. The Morgan fingerprint density at radius 1 is 0.792 bits per heavy atom. The molecule has 6 heteroatoms. The lowest BCUT2D eigenvalue weighted by Crippen LogP contribution is -2.21. The number of hydrogen-bond acceptors (Lipinski definition) is 5. The van der Waals surface area contributed by atoms with Crippen molar-refractivity contribution >= 4 is 17.2 Å². The highest BCUT2D eigenvalue weighted by molar-refractivity contribution is 7.80. The molecule has 0 saturated carbocycles. The molecule has 0 bridgehead atoms. The summed E-state index contributed by atoms with van der Waals surface area (Å²) in [6.07, 6.45) is 0.